The third-order valence-electron chi connectivity index (χ3n) is 0.224. The molecule has 0 heterocycles. The second-order valence-corrected chi connectivity index (χ2v) is 2.87. The van der Waals surface area contributed by atoms with E-state index in [9.17, 15) is 0 Å². The predicted molar refractivity (Wildman–Crippen MR) is 23.4 cm³/mol. The third kappa shape index (κ3) is 4.27. The van der Waals surface area contributed by atoms with Crippen molar-refractivity contribution in [3.05, 3.63) is 0 Å². The summed E-state index contributed by atoms with van der Waals surface area (Å²) in [7, 11) is -4.43. The number of rotatable bonds is 2. The van der Waals surface area contributed by atoms with E-state index in [0.29, 0.717) is 0 Å². The van der Waals surface area contributed by atoms with Crippen molar-refractivity contribution in [1.82, 2.24) is 0 Å². The van der Waals surface area contributed by atoms with Crippen molar-refractivity contribution in [1.29, 1.82) is 0 Å². The molecule has 0 radical (unpaired) electrons. The van der Waals surface area contributed by atoms with Crippen LogP contribution in [0, 0.1) is 0 Å². The molecule has 4 nitrogen and oxygen atoms in total. The molecule has 38 valence electrons. The molecule has 3 N–H and O–H groups in total. The molecule has 0 spiro atoms. The molecule has 0 fully saturated rings. The highest BCUT2D eigenvalue weighted by molar-refractivity contribution is 6.42. The Hall–Kier alpha value is 0.274. The van der Waals surface area contributed by atoms with Crippen LogP contribution < -0.4 is 0 Å². The summed E-state index contributed by atoms with van der Waals surface area (Å²) >= 11 is 0. The monoisotopic (exact) mass is 126 g/mol. The van der Waals surface area contributed by atoms with Gasteiger partial charge in [-0.3, -0.25) is 0 Å². The molecule has 0 atom stereocenters. The minimum atomic E-state index is -2.86. The minimum Gasteiger partial charge on any atom is -0.416 e. The molecule has 0 amide bonds. The Labute approximate surface area is 39.0 Å². The second-order valence-electron chi connectivity index (χ2n) is 0.622. The van der Waals surface area contributed by atoms with Gasteiger partial charge >= 0.3 is 9.53 Å². The number of hydrogen-bond acceptors (Lipinski definition) is 4. The predicted octanol–water partition coefficient (Wildman–Crippen LogP) is -3.30. The molecule has 0 aliphatic rings. The highest BCUT2D eigenvalue weighted by Gasteiger charge is 1.96. The van der Waals surface area contributed by atoms with Crippen molar-refractivity contribution < 1.29 is 18.5 Å². The molecule has 0 aliphatic heterocycles. The Morgan fingerprint density at radius 1 is 1.50 bits per heavy atom. The molecule has 0 aromatic rings. The molecule has 0 rings (SSSR count). The summed E-state index contributed by atoms with van der Waals surface area (Å²) in [4.78, 5) is 23.7. The van der Waals surface area contributed by atoms with Gasteiger partial charge in [0.25, 0.3) is 10.0 Å². The van der Waals surface area contributed by atoms with Gasteiger partial charge < -0.3 is 18.5 Å². The second kappa shape index (κ2) is 3.46. The standard InChI is InChI=1S/H6O4Si2/c1-5-4-6(2)3/h1-3,6H,5H2. The van der Waals surface area contributed by atoms with Crippen molar-refractivity contribution in [2.45, 2.75) is 0 Å². The molecule has 0 bridgehead atoms. The molecule has 6 heteroatoms. The summed E-state index contributed by atoms with van der Waals surface area (Å²) < 4.78 is 3.99. The first-order valence-electron chi connectivity index (χ1n) is 1.36. The minimum absolute atomic E-state index is 1.57. The average molecular weight is 126 g/mol. The van der Waals surface area contributed by atoms with Gasteiger partial charge in [0.15, 0.2) is 0 Å². The Bertz CT molecular complexity index is 26.7. The van der Waals surface area contributed by atoms with Crippen LogP contribution in [0.15, 0.2) is 0 Å². The highest BCUT2D eigenvalue weighted by atomic mass is 28.4. The van der Waals surface area contributed by atoms with Crippen molar-refractivity contribution >= 4 is 19.5 Å². The molecule has 0 unspecified atom stereocenters. The maximum Gasteiger partial charge on any atom is 0.469 e. The first kappa shape index (κ1) is 6.27. The molecule has 0 aliphatic carbocycles. The largest absolute Gasteiger partial charge is 0.469 e. The summed E-state index contributed by atoms with van der Waals surface area (Å²) in [6.07, 6.45) is 0. The summed E-state index contributed by atoms with van der Waals surface area (Å²) in [5.41, 5.74) is 0. The Morgan fingerprint density at radius 2 is 2.00 bits per heavy atom. The van der Waals surface area contributed by atoms with Gasteiger partial charge in [0.2, 0.25) is 0 Å². The lowest BCUT2D eigenvalue weighted by molar-refractivity contribution is 0.275. The summed E-state index contributed by atoms with van der Waals surface area (Å²) in [6, 6.07) is 0. The fourth-order valence-electron chi connectivity index (χ4n) is 0.0667. The topological polar surface area (TPSA) is 69.9 Å². The van der Waals surface area contributed by atoms with Gasteiger partial charge in [-0.05, 0) is 0 Å². The van der Waals surface area contributed by atoms with E-state index in [0.717, 1.165) is 0 Å². The van der Waals surface area contributed by atoms with E-state index in [-0.39, 0.29) is 0 Å². The maximum absolute atomic E-state index is 7.90. The third-order valence-corrected chi connectivity index (χ3v) is 2.01. The molecule has 6 heavy (non-hydrogen) atoms. The van der Waals surface area contributed by atoms with Crippen LogP contribution in [0.25, 0.3) is 0 Å². The summed E-state index contributed by atoms with van der Waals surface area (Å²) in [5.74, 6) is 0. The smallest absolute Gasteiger partial charge is 0.416 e. The quantitative estimate of drug-likeness (QED) is 0.339. The van der Waals surface area contributed by atoms with Crippen molar-refractivity contribution in [3.63, 3.8) is 0 Å². The fourth-order valence-corrected chi connectivity index (χ4v) is 0.600. The van der Waals surface area contributed by atoms with Gasteiger partial charge in [-0.1, -0.05) is 0 Å². The van der Waals surface area contributed by atoms with E-state index in [2.05, 4.69) is 4.12 Å². The Morgan fingerprint density at radius 3 is 2.00 bits per heavy atom. The zero-order valence-corrected chi connectivity index (χ0v) is 5.60. The Balaban J connectivity index is 2.63. The molecule has 0 aromatic carbocycles. The van der Waals surface area contributed by atoms with E-state index in [4.69, 9.17) is 14.4 Å². The SMILES string of the molecule is O[SiH2]O[SiH](O)O. The van der Waals surface area contributed by atoms with Crippen LogP contribution in [0.2, 0.25) is 0 Å². The molecule has 0 saturated heterocycles. The first-order chi connectivity index (χ1) is 2.77. The van der Waals surface area contributed by atoms with E-state index in [1.54, 1.807) is 0 Å². The summed E-state index contributed by atoms with van der Waals surface area (Å²) in [5, 5.41) is 0. The molecule has 0 saturated carbocycles. The first-order valence-corrected chi connectivity index (χ1v) is 4.07. The van der Waals surface area contributed by atoms with Crippen LogP contribution in [0.4, 0.5) is 0 Å². The van der Waals surface area contributed by atoms with Gasteiger partial charge in [0.1, 0.15) is 0 Å². The van der Waals surface area contributed by atoms with E-state index >= 15 is 0 Å². The zero-order valence-electron chi connectivity index (χ0n) is 3.03. The fraction of sp³-hybridized carbons (Fsp3) is 0. The van der Waals surface area contributed by atoms with Crippen molar-refractivity contribution in [2.24, 2.45) is 0 Å². The van der Waals surface area contributed by atoms with Crippen LogP contribution in [0.5, 0.6) is 0 Å². The van der Waals surface area contributed by atoms with Gasteiger partial charge in [0, 0.05) is 0 Å². The summed E-state index contributed by atoms with van der Waals surface area (Å²) in [6.45, 7) is 0. The van der Waals surface area contributed by atoms with Gasteiger partial charge in [-0.2, -0.15) is 0 Å². The highest BCUT2D eigenvalue weighted by Crippen LogP contribution is 1.63. The van der Waals surface area contributed by atoms with Crippen molar-refractivity contribution in [2.75, 3.05) is 0 Å². The van der Waals surface area contributed by atoms with E-state index in [1.807, 2.05) is 0 Å². The van der Waals surface area contributed by atoms with Crippen LogP contribution in [-0.2, 0) is 4.12 Å². The lowest BCUT2D eigenvalue weighted by Crippen LogP contribution is -2.18. The van der Waals surface area contributed by atoms with Gasteiger partial charge in [0.05, 0.1) is 0 Å². The average Bonchev–Trinajstić information content (AvgIpc) is 1.35. The van der Waals surface area contributed by atoms with Crippen LogP contribution in [-0.4, -0.2) is 33.9 Å². The zero-order chi connectivity index (χ0) is 4.99. The number of hydrogen-bond donors (Lipinski definition) is 3. The molecular formula is H6O4Si2. The lowest BCUT2D eigenvalue weighted by atomic mass is 15.7. The van der Waals surface area contributed by atoms with Crippen molar-refractivity contribution in [3.8, 4) is 0 Å². The van der Waals surface area contributed by atoms with Crippen LogP contribution in [0.3, 0.4) is 0 Å². The maximum atomic E-state index is 7.90. The van der Waals surface area contributed by atoms with Gasteiger partial charge in [-0.15, -0.1) is 0 Å². The van der Waals surface area contributed by atoms with Gasteiger partial charge in [-0.25, -0.2) is 0 Å². The van der Waals surface area contributed by atoms with E-state index < -0.39 is 19.5 Å². The van der Waals surface area contributed by atoms with Crippen LogP contribution >= 0.6 is 0 Å². The Kier molecular flexibility index (Phi) is 3.62. The molecular weight excluding hydrogens is 120 g/mol. The normalized spacial score (nSPS) is 12.0. The lowest BCUT2D eigenvalue weighted by Gasteiger charge is -1.94. The van der Waals surface area contributed by atoms with E-state index in [1.165, 1.54) is 0 Å². The molecule has 0 aromatic heterocycles. The van der Waals surface area contributed by atoms with Crippen LogP contribution in [0.1, 0.15) is 0 Å².